The predicted octanol–water partition coefficient (Wildman–Crippen LogP) is 1.89. The van der Waals surface area contributed by atoms with E-state index < -0.39 is 29.5 Å². The Morgan fingerprint density at radius 2 is 1.97 bits per heavy atom. The molecule has 0 saturated heterocycles. The normalized spacial score (nSPS) is 12.9. The van der Waals surface area contributed by atoms with Crippen molar-refractivity contribution >= 4 is 11.2 Å². The van der Waals surface area contributed by atoms with Crippen LogP contribution < -0.4 is 20.7 Å². The summed E-state index contributed by atoms with van der Waals surface area (Å²) >= 11 is 0. The van der Waals surface area contributed by atoms with Crippen LogP contribution in [-0.4, -0.2) is 36.7 Å². The number of imidazole rings is 1. The Labute approximate surface area is 160 Å². The zero-order chi connectivity index (χ0) is 21.3. The van der Waals surface area contributed by atoms with Crippen LogP contribution in [0.1, 0.15) is 13.3 Å². The number of aryl methyl sites for hydroxylation is 1. The smallest absolute Gasteiger partial charge is 0.425 e. The Morgan fingerprint density at radius 1 is 1.28 bits per heavy atom. The van der Waals surface area contributed by atoms with Gasteiger partial charge in [0.2, 0.25) is 0 Å². The molecule has 0 fully saturated rings. The molecule has 0 aliphatic rings. The van der Waals surface area contributed by atoms with Gasteiger partial charge in [-0.05, 0) is 25.5 Å². The zero-order valence-electron chi connectivity index (χ0n) is 15.4. The van der Waals surface area contributed by atoms with E-state index in [0.717, 1.165) is 21.3 Å². The number of alkyl halides is 3. The van der Waals surface area contributed by atoms with Crippen molar-refractivity contribution in [2.24, 2.45) is 7.05 Å². The summed E-state index contributed by atoms with van der Waals surface area (Å²) in [7, 11) is 1.41. The topological polar surface area (TPSA) is 111 Å². The third-order valence-electron chi connectivity index (χ3n) is 3.98. The number of nitrogens with one attached hydrogen (secondary N) is 1. The van der Waals surface area contributed by atoms with Crippen LogP contribution in [0.15, 0.2) is 33.9 Å². The highest BCUT2D eigenvalue weighted by Gasteiger charge is 2.31. The van der Waals surface area contributed by atoms with Crippen LogP contribution in [0, 0.1) is 0 Å². The van der Waals surface area contributed by atoms with E-state index in [2.05, 4.69) is 14.7 Å². The number of aliphatic hydroxyl groups excluding tert-OH is 1. The van der Waals surface area contributed by atoms with Crippen LogP contribution >= 0.6 is 0 Å². The summed E-state index contributed by atoms with van der Waals surface area (Å²) in [6, 6.07) is 4.57. The lowest BCUT2D eigenvalue weighted by Gasteiger charge is -2.09. The molecule has 0 aliphatic heterocycles. The molecule has 0 aliphatic carbocycles. The first-order valence-electron chi connectivity index (χ1n) is 8.46. The lowest BCUT2D eigenvalue weighted by molar-refractivity contribution is -0.274. The van der Waals surface area contributed by atoms with Crippen molar-refractivity contribution in [1.82, 2.24) is 19.1 Å². The molecule has 0 amide bonds. The lowest BCUT2D eigenvalue weighted by atomic mass is 10.3. The number of H-pyrrole nitrogens is 1. The van der Waals surface area contributed by atoms with Gasteiger partial charge in [-0.2, -0.15) is 4.98 Å². The maximum Gasteiger partial charge on any atom is 0.573 e. The average Bonchev–Trinajstić information content (AvgIpc) is 3.02. The van der Waals surface area contributed by atoms with Crippen molar-refractivity contribution in [2.45, 2.75) is 32.4 Å². The molecule has 3 rings (SSSR count). The molecular formula is C17H17F3N4O5. The predicted molar refractivity (Wildman–Crippen MR) is 95.1 cm³/mol. The molecule has 0 bridgehead atoms. The molecule has 0 radical (unpaired) electrons. The molecule has 0 spiro atoms. The summed E-state index contributed by atoms with van der Waals surface area (Å²) in [4.78, 5) is 31.6. The van der Waals surface area contributed by atoms with Crippen molar-refractivity contribution in [3.63, 3.8) is 0 Å². The number of aliphatic hydroxyl groups is 1. The number of hydrogen-bond donors (Lipinski definition) is 2. The van der Waals surface area contributed by atoms with E-state index in [4.69, 9.17) is 4.74 Å². The third kappa shape index (κ3) is 4.59. The number of nitrogens with zero attached hydrogens (tertiary/aromatic N) is 3. The molecule has 12 heteroatoms. The van der Waals surface area contributed by atoms with E-state index in [9.17, 15) is 27.9 Å². The van der Waals surface area contributed by atoms with E-state index in [0.29, 0.717) is 0 Å². The number of rotatable bonds is 6. The summed E-state index contributed by atoms with van der Waals surface area (Å²) in [5.74, 6) is -0.510. The van der Waals surface area contributed by atoms with Crippen LogP contribution in [0.2, 0.25) is 0 Å². The zero-order valence-corrected chi connectivity index (χ0v) is 15.4. The quantitative estimate of drug-likeness (QED) is 0.637. The molecule has 29 heavy (non-hydrogen) atoms. The highest BCUT2D eigenvalue weighted by atomic mass is 19.4. The lowest BCUT2D eigenvalue weighted by Crippen LogP contribution is -2.39. The van der Waals surface area contributed by atoms with Crippen molar-refractivity contribution in [3.05, 3.63) is 45.1 Å². The van der Waals surface area contributed by atoms with E-state index in [1.165, 1.54) is 26.1 Å². The minimum atomic E-state index is -4.85. The van der Waals surface area contributed by atoms with Crippen molar-refractivity contribution in [2.75, 3.05) is 0 Å². The number of hydrogen-bond acceptors (Lipinski definition) is 6. The Balaban J connectivity index is 1.95. The van der Waals surface area contributed by atoms with Gasteiger partial charge in [0.25, 0.3) is 5.56 Å². The Hall–Kier alpha value is -3.28. The number of halogens is 3. The van der Waals surface area contributed by atoms with Gasteiger partial charge in [-0.25, -0.2) is 4.79 Å². The first-order valence-corrected chi connectivity index (χ1v) is 8.46. The van der Waals surface area contributed by atoms with E-state index >= 15 is 0 Å². The Bertz CT molecular complexity index is 1150. The van der Waals surface area contributed by atoms with Gasteiger partial charge in [-0.3, -0.25) is 13.9 Å². The number of fused-ring (bicyclic) bond motifs is 1. The SMILES string of the molecule is C[C@@H](O)CCn1c(=O)c2[nH]c(Oc3cccc(OC(F)(F)F)c3)nc2n(C)c1=O. The molecule has 9 nitrogen and oxygen atoms in total. The van der Waals surface area contributed by atoms with Gasteiger partial charge < -0.3 is 19.6 Å². The molecule has 2 heterocycles. The molecule has 2 N–H and O–H groups in total. The summed E-state index contributed by atoms with van der Waals surface area (Å²) in [5, 5.41) is 9.39. The second kappa shape index (κ2) is 7.62. The minimum Gasteiger partial charge on any atom is -0.425 e. The highest BCUT2D eigenvalue weighted by molar-refractivity contribution is 5.70. The molecule has 156 valence electrons. The van der Waals surface area contributed by atoms with E-state index in [1.807, 2.05) is 0 Å². The number of ether oxygens (including phenoxy) is 2. The summed E-state index contributed by atoms with van der Waals surface area (Å²) in [5.41, 5.74) is -1.27. The van der Waals surface area contributed by atoms with Gasteiger partial charge in [0.05, 0.1) is 6.10 Å². The minimum absolute atomic E-state index is 0.00511. The van der Waals surface area contributed by atoms with Gasteiger partial charge in [-0.1, -0.05) is 6.07 Å². The fourth-order valence-electron chi connectivity index (χ4n) is 2.64. The first-order chi connectivity index (χ1) is 13.5. The van der Waals surface area contributed by atoms with Crippen LogP contribution in [0.5, 0.6) is 17.5 Å². The van der Waals surface area contributed by atoms with E-state index in [-0.39, 0.29) is 35.9 Å². The van der Waals surface area contributed by atoms with Crippen LogP contribution in [0.3, 0.4) is 0 Å². The van der Waals surface area contributed by atoms with Crippen LogP contribution in [0.25, 0.3) is 11.2 Å². The summed E-state index contributed by atoms with van der Waals surface area (Å²) in [6.07, 6.45) is -5.36. The second-order valence-electron chi connectivity index (χ2n) is 6.30. The summed E-state index contributed by atoms with van der Waals surface area (Å²) < 4.78 is 48.3. The molecule has 1 atom stereocenters. The molecule has 2 aromatic heterocycles. The van der Waals surface area contributed by atoms with Crippen LogP contribution in [0.4, 0.5) is 13.2 Å². The monoisotopic (exact) mass is 414 g/mol. The highest BCUT2D eigenvalue weighted by Crippen LogP contribution is 2.28. The Kier molecular flexibility index (Phi) is 5.38. The maximum atomic E-state index is 12.6. The van der Waals surface area contributed by atoms with Gasteiger partial charge in [0.15, 0.2) is 11.2 Å². The van der Waals surface area contributed by atoms with Crippen molar-refractivity contribution in [3.8, 4) is 17.5 Å². The summed E-state index contributed by atoms with van der Waals surface area (Å²) in [6.45, 7) is 1.54. The van der Waals surface area contributed by atoms with Gasteiger partial charge in [0, 0.05) is 19.7 Å². The Morgan fingerprint density at radius 3 is 2.62 bits per heavy atom. The molecule has 0 unspecified atom stereocenters. The second-order valence-corrected chi connectivity index (χ2v) is 6.30. The van der Waals surface area contributed by atoms with Gasteiger partial charge in [-0.15, -0.1) is 13.2 Å². The van der Waals surface area contributed by atoms with Crippen LogP contribution in [-0.2, 0) is 13.6 Å². The maximum absolute atomic E-state index is 12.6. The number of aromatic nitrogens is 4. The molecule has 1 aromatic carbocycles. The fourth-order valence-corrected chi connectivity index (χ4v) is 2.64. The van der Waals surface area contributed by atoms with Gasteiger partial charge in [0.1, 0.15) is 11.5 Å². The van der Waals surface area contributed by atoms with E-state index in [1.54, 1.807) is 0 Å². The molecule has 3 aromatic rings. The van der Waals surface area contributed by atoms with Crippen molar-refractivity contribution in [1.29, 1.82) is 0 Å². The molecule has 0 saturated carbocycles. The fraction of sp³-hybridized carbons (Fsp3) is 0.353. The molecular weight excluding hydrogens is 397 g/mol. The third-order valence-corrected chi connectivity index (χ3v) is 3.98. The largest absolute Gasteiger partial charge is 0.573 e. The number of aromatic amines is 1. The average molecular weight is 414 g/mol. The van der Waals surface area contributed by atoms with Gasteiger partial charge >= 0.3 is 18.1 Å². The van der Waals surface area contributed by atoms with Crippen molar-refractivity contribution < 1.29 is 27.8 Å². The first kappa shape index (κ1) is 20.5. The number of benzene rings is 1. The standard InChI is InChI=1S/C17H17F3N4O5/c1-9(25)6-7-24-14(26)12-13(23(2)16(24)27)22-15(21-12)28-10-4-3-5-11(8-10)29-17(18,19)20/h3-5,8-9,25H,6-7H2,1-2H3,(H,21,22)/t9-/m1/s1.